The molecule has 5 nitrogen and oxygen atoms in total. The zero-order valence-electron chi connectivity index (χ0n) is 16.6. The van der Waals surface area contributed by atoms with E-state index >= 15 is 0 Å². The number of furan rings is 1. The van der Waals surface area contributed by atoms with Gasteiger partial charge in [0.05, 0.1) is 23.1 Å². The third kappa shape index (κ3) is 4.19. The second-order valence-electron chi connectivity index (χ2n) is 6.92. The van der Waals surface area contributed by atoms with Gasteiger partial charge in [-0.05, 0) is 42.8 Å². The van der Waals surface area contributed by atoms with Gasteiger partial charge in [-0.1, -0.05) is 49.4 Å². The standard InChI is InChI=1S/C24H22N2O3S/c1-2-3-4-7-13-26-20-11-10-18(25-23(27)17-12-14-29-16-17)15-22(20)30-21-9-6-5-8-19(21)24(26)28/h4-12,14-16H,2-3,13H2,1H3,(H,25,27)/b7-4+. The first-order valence-corrected chi connectivity index (χ1v) is 10.7. The third-order valence-electron chi connectivity index (χ3n) is 4.78. The number of amides is 2. The second-order valence-corrected chi connectivity index (χ2v) is 8.01. The molecule has 0 saturated carbocycles. The van der Waals surface area contributed by atoms with Gasteiger partial charge in [0.15, 0.2) is 0 Å². The summed E-state index contributed by atoms with van der Waals surface area (Å²) in [5, 5.41) is 2.90. The van der Waals surface area contributed by atoms with Crippen LogP contribution in [0.1, 0.15) is 40.5 Å². The number of carbonyl (C=O) groups is 2. The molecule has 1 aromatic heterocycles. The maximum atomic E-state index is 13.3. The summed E-state index contributed by atoms with van der Waals surface area (Å²) < 4.78 is 4.98. The highest BCUT2D eigenvalue weighted by Crippen LogP contribution is 2.42. The molecule has 0 fully saturated rings. The molecule has 2 aromatic carbocycles. The highest BCUT2D eigenvalue weighted by molar-refractivity contribution is 7.99. The van der Waals surface area contributed by atoms with Gasteiger partial charge >= 0.3 is 0 Å². The number of carbonyl (C=O) groups excluding carboxylic acids is 2. The summed E-state index contributed by atoms with van der Waals surface area (Å²) in [5.74, 6) is -0.258. The van der Waals surface area contributed by atoms with E-state index in [2.05, 4.69) is 18.3 Å². The molecule has 2 heterocycles. The monoisotopic (exact) mass is 418 g/mol. The molecule has 2 amide bonds. The van der Waals surface area contributed by atoms with Gasteiger partial charge in [0.1, 0.15) is 6.26 Å². The number of unbranched alkanes of at least 4 members (excludes halogenated alkanes) is 1. The highest BCUT2D eigenvalue weighted by Gasteiger charge is 2.26. The topological polar surface area (TPSA) is 62.6 Å². The van der Waals surface area contributed by atoms with Crippen LogP contribution in [0.2, 0.25) is 0 Å². The Hall–Kier alpha value is -3.25. The predicted octanol–water partition coefficient (Wildman–Crippen LogP) is 6.00. The molecule has 0 spiro atoms. The van der Waals surface area contributed by atoms with Gasteiger partial charge < -0.3 is 14.6 Å². The number of fused-ring (bicyclic) bond motifs is 2. The number of nitrogens with one attached hydrogen (secondary N) is 1. The van der Waals surface area contributed by atoms with Crippen molar-refractivity contribution in [2.75, 3.05) is 16.8 Å². The first-order valence-electron chi connectivity index (χ1n) is 9.88. The quantitative estimate of drug-likeness (QED) is 0.499. The largest absolute Gasteiger partial charge is 0.472 e. The normalized spacial score (nSPS) is 13.1. The first-order chi connectivity index (χ1) is 14.7. The first kappa shape index (κ1) is 20.0. The number of nitrogens with zero attached hydrogens (tertiary/aromatic N) is 1. The van der Waals surface area contributed by atoms with E-state index in [1.807, 2.05) is 48.5 Å². The van der Waals surface area contributed by atoms with E-state index in [9.17, 15) is 9.59 Å². The lowest BCUT2D eigenvalue weighted by Gasteiger charge is -2.22. The summed E-state index contributed by atoms with van der Waals surface area (Å²) >= 11 is 1.54. The van der Waals surface area contributed by atoms with E-state index < -0.39 is 0 Å². The molecule has 0 saturated heterocycles. The SMILES string of the molecule is CCC/C=C/CN1C(=O)c2ccccc2Sc2cc(NC(=O)c3ccoc3)ccc21. The van der Waals surface area contributed by atoms with Gasteiger partial charge in [-0.15, -0.1) is 0 Å². The number of anilines is 2. The van der Waals surface area contributed by atoms with E-state index in [0.717, 1.165) is 28.3 Å². The van der Waals surface area contributed by atoms with Gasteiger partial charge in [-0.25, -0.2) is 0 Å². The average molecular weight is 419 g/mol. The van der Waals surface area contributed by atoms with Gasteiger partial charge in [0.25, 0.3) is 11.8 Å². The van der Waals surface area contributed by atoms with Crippen LogP contribution in [-0.2, 0) is 0 Å². The Bertz CT molecular complexity index is 1090. The summed E-state index contributed by atoms with van der Waals surface area (Å²) in [5.41, 5.74) is 2.65. The molecule has 1 aliphatic heterocycles. The Balaban J connectivity index is 1.68. The van der Waals surface area contributed by atoms with Gasteiger partial charge in [-0.3, -0.25) is 9.59 Å². The summed E-state index contributed by atoms with van der Waals surface area (Å²) in [6, 6.07) is 14.9. The van der Waals surface area contributed by atoms with E-state index in [-0.39, 0.29) is 11.8 Å². The lowest BCUT2D eigenvalue weighted by atomic mass is 10.1. The zero-order chi connectivity index (χ0) is 20.9. The molecular formula is C24H22N2O3S. The molecule has 0 atom stereocenters. The number of hydrogen-bond donors (Lipinski definition) is 1. The number of allylic oxidation sites excluding steroid dienone is 1. The van der Waals surface area contributed by atoms with Crippen LogP contribution in [0.3, 0.4) is 0 Å². The van der Waals surface area contributed by atoms with Crippen LogP contribution in [0, 0.1) is 0 Å². The fraction of sp³-hybridized carbons (Fsp3) is 0.167. The van der Waals surface area contributed by atoms with Crippen molar-refractivity contribution in [1.82, 2.24) is 0 Å². The molecule has 0 unspecified atom stereocenters. The van der Waals surface area contributed by atoms with Gasteiger partial charge in [0.2, 0.25) is 0 Å². The molecule has 4 rings (SSSR count). The Morgan fingerprint density at radius 2 is 2.00 bits per heavy atom. The second kappa shape index (κ2) is 9.05. The summed E-state index contributed by atoms with van der Waals surface area (Å²) in [7, 11) is 0. The van der Waals surface area contributed by atoms with Crippen LogP contribution in [0.15, 0.2) is 87.4 Å². The van der Waals surface area contributed by atoms with Crippen LogP contribution in [-0.4, -0.2) is 18.4 Å². The van der Waals surface area contributed by atoms with Crippen molar-refractivity contribution in [2.45, 2.75) is 29.6 Å². The Kier molecular flexibility index (Phi) is 6.05. The van der Waals surface area contributed by atoms with Crippen LogP contribution in [0.4, 0.5) is 11.4 Å². The van der Waals surface area contributed by atoms with E-state index in [1.165, 1.54) is 24.3 Å². The molecular weight excluding hydrogens is 396 g/mol. The van der Waals surface area contributed by atoms with Crippen molar-refractivity contribution >= 4 is 35.0 Å². The Morgan fingerprint density at radius 1 is 1.13 bits per heavy atom. The minimum absolute atomic E-state index is 0.0202. The molecule has 0 radical (unpaired) electrons. The maximum Gasteiger partial charge on any atom is 0.259 e. The van der Waals surface area contributed by atoms with Crippen molar-refractivity contribution < 1.29 is 14.0 Å². The molecule has 0 aliphatic carbocycles. The predicted molar refractivity (Wildman–Crippen MR) is 119 cm³/mol. The minimum atomic E-state index is -0.238. The Labute approximate surface area is 179 Å². The van der Waals surface area contributed by atoms with Crippen molar-refractivity contribution in [3.63, 3.8) is 0 Å². The molecule has 30 heavy (non-hydrogen) atoms. The summed E-state index contributed by atoms with van der Waals surface area (Å²) in [6.45, 7) is 2.63. The van der Waals surface area contributed by atoms with Crippen LogP contribution < -0.4 is 10.2 Å². The molecule has 1 N–H and O–H groups in total. The van der Waals surface area contributed by atoms with Crippen molar-refractivity contribution in [3.05, 3.63) is 84.3 Å². The van der Waals surface area contributed by atoms with E-state index in [1.54, 1.807) is 11.0 Å². The smallest absolute Gasteiger partial charge is 0.259 e. The van der Waals surface area contributed by atoms with E-state index in [4.69, 9.17) is 4.42 Å². The fourth-order valence-corrected chi connectivity index (χ4v) is 4.36. The number of hydrogen-bond acceptors (Lipinski definition) is 4. The van der Waals surface area contributed by atoms with Crippen LogP contribution >= 0.6 is 11.8 Å². The fourth-order valence-electron chi connectivity index (χ4n) is 3.24. The highest BCUT2D eigenvalue weighted by atomic mass is 32.2. The molecule has 1 aliphatic rings. The van der Waals surface area contributed by atoms with Crippen LogP contribution in [0.5, 0.6) is 0 Å². The van der Waals surface area contributed by atoms with Crippen molar-refractivity contribution in [3.8, 4) is 0 Å². The zero-order valence-corrected chi connectivity index (χ0v) is 17.4. The van der Waals surface area contributed by atoms with Crippen LogP contribution in [0.25, 0.3) is 0 Å². The summed E-state index contributed by atoms with van der Waals surface area (Å²) in [4.78, 5) is 29.3. The number of benzene rings is 2. The van der Waals surface area contributed by atoms with Gasteiger partial charge in [0, 0.05) is 22.0 Å². The van der Waals surface area contributed by atoms with Gasteiger partial charge in [-0.2, -0.15) is 0 Å². The van der Waals surface area contributed by atoms with Crippen molar-refractivity contribution in [1.29, 1.82) is 0 Å². The molecule has 6 heteroatoms. The summed E-state index contributed by atoms with van der Waals surface area (Å²) in [6.07, 6.45) is 9.08. The maximum absolute atomic E-state index is 13.3. The number of rotatable bonds is 6. The Morgan fingerprint density at radius 3 is 2.80 bits per heavy atom. The van der Waals surface area contributed by atoms with Crippen molar-refractivity contribution in [2.24, 2.45) is 0 Å². The average Bonchev–Trinajstić information content (AvgIpc) is 3.26. The lowest BCUT2D eigenvalue weighted by molar-refractivity contribution is 0.0985. The molecule has 3 aromatic rings. The minimum Gasteiger partial charge on any atom is -0.472 e. The molecule has 0 bridgehead atoms. The van der Waals surface area contributed by atoms with E-state index in [0.29, 0.717) is 23.4 Å². The molecule has 152 valence electrons. The third-order valence-corrected chi connectivity index (χ3v) is 5.91. The lowest BCUT2D eigenvalue weighted by Crippen LogP contribution is -2.31.